The van der Waals surface area contributed by atoms with Crippen LogP contribution in [0.3, 0.4) is 0 Å². The second kappa shape index (κ2) is 9.67. The highest BCUT2D eigenvalue weighted by Crippen LogP contribution is 2.23. The number of ether oxygens (including phenoxy) is 1. The Morgan fingerprint density at radius 2 is 1.75 bits per heavy atom. The van der Waals surface area contributed by atoms with Crippen molar-refractivity contribution in [3.8, 4) is 5.75 Å². The van der Waals surface area contributed by atoms with Crippen LogP contribution in [0, 0.1) is 0 Å². The summed E-state index contributed by atoms with van der Waals surface area (Å²) in [6, 6.07) is 3.71. The van der Waals surface area contributed by atoms with Crippen molar-refractivity contribution < 1.29 is 31.1 Å². The Labute approximate surface area is 143 Å². The normalized spacial score (nSPS) is 11.5. The zero-order valence-corrected chi connectivity index (χ0v) is 13.9. The number of carbonyl (C=O) groups excluding carboxylic acids is 1. The first-order valence-corrected chi connectivity index (χ1v) is 7.94. The summed E-state index contributed by atoms with van der Waals surface area (Å²) in [5.41, 5.74) is 5.19. The van der Waals surface area contributed by atoms with Crippen molar-refractivity contribution in [3.63, 3.8) is 0 Å². The van der Waals surface area contributed by atoms with E-state index in [0.717, 1.165) is 24.3 Å². The average molecular weight is 392 g/mol. The fourth-order valence-corrected chi connectivity index (χ4v) is 2.53. The average Bonchev–Trinajstić information content (AvgIpc) is 2.43. The molecule has 1 aromatic rings. The second-order valence-electron chi connectivity index (χ2n) is 4.31. The molecule has 7 nitrogen and oxygen atoms in total. The summed E-state index contributed by atoms with van der Waals surface area (Å²) in [5, 5.41) is 2.47. The lowest BCUT2D eigenvalue weighted by atomic mass is 10.3. The Morgan fingerprint density at radius 3 is 2.25 bits per heavy atom. The number of hydrogen-bond donors (Lipinski definition) is 3. The zero-order chi connectivity index (χ0) is 17.5. The molecule has 0 saturated heterocycles. The lowest BCUT2D eigenvalue weighted by molar-refractivity contribution is -0.274. The van der Waals surface area contributed by atoms with Crippen LogP contribution in [0.4, 0.5) is 13.2 Å². The van der Waals surface area contributed by atoms with Gasteiger partial charge in [0.2, 0.25) is 15.9 Å². The van der Waals surface area contributed by atoms with Crippen molar-refractivity contribution >= 4 is 28.3 Å². The van der Waals surface area contributed by atoms with Gasteiger partial charge in [-0.05, 0) is 24.3 Å². The first-order valence-electron chi connectivity index (χ1n) is 6.46. The van der Waals surface area contributed by atoms with E-state index < -0.39 is 22.1 Å². The molecular formula is C12H17ClF3N3O4S. The van der Waals surface area contributed by atoms with Crippen molar-refractivity contribution in [3.05, 3.63) is 24.3 Å². The van der Waals surface area contributed by atoms with Gasteiger partial charge in [-0.1, -0.05) is 0 Å². The number of hydrogen-bond acceptors (Lipinski definition) is 5. The molecule has 0 aromatic heterocycles. The molecule has 24 heavy (non-hydrogen) atoms. The molecule has 0 aliphatic carbocycles. The summed E-state index contributed by atoms with van der Waals surface area (Å²) in [6.07, 6.45) is -4.94. The molecule has 0 atom stereocenters. The third kappa shape index (κ3) is 8.34. The van der Waals surface area contributed by atoms with Gasteiger partial charge in [0.15, 0.2) is 0 Å². The SMILES string of the molecule is Cl.NCCNC(=O)CCNS(=O)(=O)c1ccc(OC(F)(F)F)cc1. The molecule has 0 fully saturated rings. The smallest absolute Gasteiger partial charge is 0.406 e. The first kappa shape index (κ1) is 22.4. The standard InChI is InChI=1S/C12H16F3N3O4S.ClH/c13-12(14,15)22-9-1-3-10(4-2-9)23(20,21)18-7-5-11(19)17-8-6-16;/h1-4,18H,5-8,16H2,(H,17,19);1H. The van der Waals surface area contributed by atoms with Crippen molar-refractivity contribution in [1.29, 1.82) is 0 Å². The van der Waals surface area contributed by atoms with Gasteiger partial charge in [-0.15, -0.1) is 25.6 Å². The number of carbonyl (C=O) groups is 1. The van der Waals surface area contributed by atoms with Crippen LogP contribution in [0.1, 0.15) is 6.42 Å². The summed E-state index contributed by atoms with van der Waals surface area (Å²) in [4.78, 5) is 11.0. The van der Waals surface area contributed by atoms with Gasteiger partial charge in [0.05, 0.1) is 4.90 Å². The van der Waals surface area contributed by atoms with Gasteiger partial charge < -0.3 is 15.8 Å². The van der Waals surface area contributed by atoms with Crippen molar-refractivity contribution in [1.82, 2.24) is 10.0 Å². The van der Waals surface area contributed by atoms with E-state index in [1.165, 1.54) is 0 Å². The largest absolute Gasteiger partial charge is 0.573 e. The van der Waals surface area contributed by atoms with E-state index in [2.05, 4.69) is 14.8 Å². The topological polar surface area (TPSA) is 111 Å². The number of nitrogens with one attached hydrogen (secondary N) is 2. The molecule has 1 aromatic carbocycles. The maximum absolute atomic E-state index is 12.0. The third-order valence-electron chi connectivity index (χ3n) is 2.48. The summed E-state index contributed by atoms with van der Waals surface area (Å²) >= 11 is 0. The molecule has 1 amide bonds. The second-order valence-corrected chi connectivity index (χ2v) is 6.07. The monoisotopic (exact) mass is 391 g/mol. The van der Waals surface area contributed by atoms with E-state index >= 15 is 0 Å². The van der Waals surface area contributed by atoms with Crippen molar-refractivity contribution in [2.75, 3.05) is 19.6 Å². The molecule has 1 rings (SSSR count). The third-order valence-corrected chi connectivity index (χ3v) is 3.96. The van der Waals surface area contributed by atoms with Crippen LogP contribution in [0.25, 0.3) is 0 Å². The molecule has 0 spiro atoms. The van der Waals surface area contributed by atoms with Crippen LogP contribution in [-0.2, 0) is 14.8 Å². The van der Waals surface area contributed by atoms with Crippen LogP contribution < -0.4 is 20.5 Å². The highest BCUT2D eigenvalue weighted by Gasteiger charge is 2.31. The maximum atomic E-state index is 12.0. The van der Waals surface area contributed by atoms with Gasteiger partial charge in [0.1, 0.15) is 5.75 Å². The minimum absolute atomic E-state index is 0. The lowest BCUT2D eigenvalue weighted by Crippen LogP contribution is -2.33. The van der Waals surface area contributed by atoms with Crippen LogP contribution in [0.5, 0.6) is 5.75 Å². The molecule has 0 radical (unpaired) electrons. The van der Waals surface area contributed by atoms with Gasteiger partial charge >= 0.3 is 6.36 Å². The summed E-state index contributed by atoms with van der Waals surface area (Å²) in [6.45, 7) is 0.398. The molecule has 0 unspecified atom stereocenters. The molecule has 0 bridgehead atoms. The van der Waals surface area contributed by atoms with Gasteiger partial charge in [0.25, 0.3) is 0 Å². The molecule has 0 aliphatic heterocycles. The zero-order valence-electron chi connectivity index (χ0n) is 12.3. The van der Waals surface area contributed by atoms with Crippen molar-refractivity contribution in [2.24, 2.45) is 5.73 Å². The molecular weight excluding hydrogens is 375 g/mol. The number of alkyl halides is 3. The molecule has 0 heterocycles. The maximum Gasteiger partial charge on any atom is 0.573 e. The van der Waals surface area contributed by atoms with E-state index in [1.807, 2.05) is 0 Å². The van der Waals surface area contributed by atoms with Gasteiger partial charge in [0, 0.05) is 26.1 Å². The highest BCUT2D eigenvalue weighted by molar-refractivity contribution is 7.89. The van der Waals surface area contributed by atoms with Crippen LogP contribution in [0.2, 0.25) is 0 Å². The van der Waals surface area contributed by atoms with Crippen LogP contribution in [-0.4, -0.2) is 40.3 Å². The van der Waals surface area contributed by atoms with E-state index in [1.54, 1.807) is 0 Å². The van der Waals surface area contributed by atoms with Crippen LogP contribution >= 0.6 is 12.4 Å². The van der Waals surface area contributed by atoms with Crippen LogP contribution in [0.15, 0.2) is 29.2 Å². The van der Waals surface area contributed by atoms with Crippen molar-refractivity contribution in [2.45, 2.75) is 17.7 Å². The minimum atomic E-state index is -4.85. The molecule has 4 N–H and O–H groups in total. The van der Waals surface area contributed by atoms with E-state index in [-0.39, 0.29) is 49.3 Å². The van der Waals surface area contributed by atoms with Gasteiger partial charge in [-0.2, -0.15) is 0 Å². The number of amides is 1. The Kier molecular flexibility index (Phi) is 9.04. The number of rotatable bonds is 8. The Bertz CT molecular complexity index is 623. The van der Waals surface area contributed by atoms with E-state index in [4.69, 9.17) is 5.73 Å². The van der Waals surface area contributed by atoms with E-state index in [9.17, 15) is 26.4 Å². The number of sulfonamides is 1. The lowest BCUT2D eigenvalue weighted by Gasteiger charge is -2.10. The molecule has 0 aliphatic rings. The molecule has 138 valence electrons. The summed E-state index contributed by atoms with van der Waals surface area (Å²) < 4.78 is 65.6. The van der Waals surface area contributed by atoms with Gasteiger partial charge in [-0.25, -0.2) is 13.1 Å². The Hall–Kier alpha value is -1.56. The summed E-state index contributed by atoms with van der Waals surface area (Å²) in [7, 11) is -3.93. The molecule has 0 saturated carbocycles. The number of benzene rings is 1. The quantitative estimate of drug-likeness (QED) is 0.605. The first-order chi connectivity index (χ1) is 10.6. The number of nitrogens with two attached hydrogens (primary N) is 1. The van der Waals surface area contributed by atoms with E-state index in [0.29, 0.717) is 0 Å². The highest BCUT2D eigenvalue weighted by atomic mass is 35.5. The summed E-state index contributed by atoms with van der Waals surface area (Å²) in [5.74, 6) is -0.898. The predicted molar refractivity (Wildman–Crippen MR) is 82.2 cm³/mol. The Balaban J connectivity index is 0.00000529. The fraction of sp³-hybridized carbons (Fsp3) is 0.417. The molecule has 12 heteroatoms. The fourth-order valence-electron chi connectivity index (χ4n) is 1.50. The minimum Gasteiger partial charge on any atom is -0.406 e. The number of halogens is 4. The Morgan fingerprint density at radius 1 is 1.17 bits per heavy atom. The predicted octanol–water partition coefficient (Wildman–Crippen LogP) is 0.750. The van der Waals surface area contributed by atoms with Gasteiger partial charge in [-0.3, -0.25) is 4.79 Å².